The number of hydrogen-bond donors (Lipinski definition) is 4. The van der Waals surface area contributed by atoms with Crippen molar-refractivity contribution in [2.45, 2.75) is 68.8 Å². The first kappa shape index (κ1) is 31.5. The molecule has 0 amide bonds. The Kier molecular flexibility index (Phi) is 8.17. The number of aliphatic hydroxyl groups is 4. The van der Waals surface area contributed by atoms with Crippen molar-refractivity contribution in [3.05, 3.63) is 71.3 Å². The first-order valence-electron chi connectivity index (χ1n) is 14.7. The van der Waals surface area contributed by atoms with Crippen molar-refractivity contribution in [1.29, 1.82) is 0 Å². The molecule has 3 heterocycles. The number of benzene rings is 2. The van der Waals surface area contributed by atoms with E-state index in [0.717, 1.165) is 0 Å². The summed E-state index contributed by atoms with van der Waals surface area (Å²) in [6.45, 7) is 2.27. The largest absolute Gasteiger partial charge is 0.456 e. The second-order valence-corrected chi connectivity index (χ2v) is 13.0. The summed E-state index contributed by atoms with van der Waals surface area (Å²) < 4.78 is 23.9. The predicted octanol–water partition coefficient (Wildman–Crippen LogP) is 1.54. The molecule has 11 nitrogen and oxygen atoms in total. The highest BCUT2D eigenvalue weighted by Crippen LogP contribution is 2.71. The Hall–Kier alpha value is -2.46. The van der Waals surface area contributed by atoms with Gasteiger partial charge in [0.1, 0.15) is 17.3 Å². The van der Waals surface area contributed by atoms with Crippen LogP contribution >= 0.6 is 22.6 Å². The molecule has 5 unspecified atom stereocenters. The summed E-state index contributed by atoms with van der Waals surface area (Å²) in [4.78, 5) is 38.7. The molecule has 2 aromatic rings. The number of hydrogen-bond acceptors (Lipinski definition) is 11. The van der Waals surface area contributed by atoms with Gasteiger partial charge in [-0.15, -0.1) is 0 Å². The number of alkyl halides is 1. The highest BCUT2D eigenvalue weighted by molar-refractivity contribution is 14.1. The van der Waals surface area contributed by atoms with Crippen molar-refractivity contribution in [2.24, 2.45) is 23.2 Å². The Morgan fingerprint density at radius 1 is 1.05 bits per heavy atom. The van der Waals surface area contributed by atoms with Crippen LogP contribution in [0.5, 0.6) is 0 Å². The molecule has 44 heavy (non-hydrogen) atoms. The van der Waals surface area contributed by atoms with Crippen LogP contribution in [0.4, 0.5) is 0 Å². The Morgan fingerprint density at radius 3 is 2.32 bits per heavy atom. The zero-order valence-electron chi connectivity index (χ0n) is 24.2. The van der Waals surface area contributed by atoms with E-state index in [2.05, 4.69) is 22.6 Å². The van der Waals surface area contributed by atoms with Crippen LogP contribution in [0.25, 0.3) is 0 Å². The molecule has 236 valence electrons. The second kappa shape index (κ2) is 11.4. The van der Waals surface area contributed by atoms with Gasteiger partial charge in [-0.1, -0.05) is 90.5 Å². The molecular weight excluding hydrogens is 687 g/mol. The summed E-state index contributed by atoms with van der Waals surface area (Å²) in [6, 6.07) is 15.6. The normalized spacial score (nSPS) is 38.4. The van der Waals surface area contributed by atoms with Gasteiger partial charge in [-0.25, -0.2) is 4.79 Å². The maximum Gasteiger partial charge on any atom is 0.338 e. The van der Waals surface area contributed by atoms with Crippen LogP contribution in [-0.2, 0) is 35.1 Å². The van der Waals surface area contributed by atoms with Crippen LogP contribution in [0.2, 0.25) is 0 Å². The van der Waals surface area contributed by atoms with E-state index in [1.807, 2.05) is 13.0 Å². The first-order valence-corrected chi connectivity index (χ1v) is 16.2. The lowest BCUT2D eigenvalue weighted by Gasteiger charge is -2.51. The van der Waals surface area contributed by atoms with Gasteiger partial charge in [0, 0.05) is 15.6 Å². The molecule has 1 saturated carbocycles. The fourth-order valence-corrected chi connectivity index (χ4v) is 9.13. The number of ether oxygens (including phenoxy) is 4. The summed E-state index contributed by atoms with van der Waals surface area (Å²) in [5, 5.41) is 47.2. The molecule has 4 N–H and O–H groups in total. The molecule has 0 bridgehead atoms. The molecule has 11 atom stereocenters. The standard InChI is InChI=1S/C32H35IO11/c1-3-18(13-33)24(36)31-21-23(41-14-17-9-11-20(12-10-17)22(35)19-7-5-4-6-8-19)28(39)43-29(21)44-30(31,15-34)32(40)16(2)27(38)42-26(32)25(31)37/h4-12,16,18,21,23-26,29,34,36-37,40H,3,13-15H2,1-2H3/t16-,18-,21?,23-,24?,25+,26?,29?,30?,31+,32-/m1/s1. The molecular formula is C32H35IO11. The van der Waals surface area contributed by atoms with E-state index in [4.69, 9.17) is 18.9 Å². The summed E-state index contributed by atoms with van der Waals surface area (Å²) in [7, 11) is 0. The lowest BCUT2D eigenvalue weighted by Crippen LogP contribution is -2.69. The first-order chi connectivity index (χ1) is 21.0. The molecule has 0 spiro atoms. The number of carbonyl (C=O) groups is 3. The molecule has 3 aliphatic heterocycles. The second-order valence-electron chi connectivity index (χ2n) is 12.1. The fourth-order valence-electron chi connectivity index (χ4n) is 8.03. The lowest BCUT2D eigenvalue weighted by molar-refractivity contribution is -0.264. The minimum atomic E-state index is -2.24. The molecule has 0 radical (unpaired) electrons. The third-order valence-electron chi connectivity index (χ3n) is 10.3. The molecule has 6 rings (SSSR count). The lowest BCUT2D eigenvalue weighted by atomic mass is 9.56. The highest BCUT2D eigenvalue weighted by Gasteiger charge is 2.91. The van der Waals surface area contributed by atoms with Crippen LogP contribution in [-0.4, -0.2) is 91.1 Å². The van der Waals surface area contributed by atoms with E-state index in [9.17, 15) is 34.8 Å². The monoisotopic (exact) mass is 722 g/mol. The Balaban J connectivity index is 1.35. The summed E-state index contributed by atoms with van der Waals surface area (Å²) in [5.41, 5.74) is -4.64. The number of ketones is 1. The van der Waals surface area contributed by atoms with Crippen LogP contribution in [0, 0.1) is 23.2 Å². The van der Waals surface area contributed by atoms with Gasteiger partial charge in [0.15, 0.2) is 18.0 Å². The number of fused-ring (bicyclic) bond motifs is 5. The van der Waals surface area contributed by atoms with Crippen molar-refractivity contribution in [3.8, 4) is 0 Å². The quantitative estimate of drug-likeness (QED) is 0.122. The van der Waals surface area contributed by atoms with Gasteiger partial charge in [-0.3, -0.25) is 9.59 Å². The Morgan fingerprint density at radius 2 is 1.70 bits per heavy atom. The minimum absolute atomic E-state index is 0.0975. The molecule has 2 aromatic carbocycles. The minimum Gasteiger partial charge on any atom is -0.456 e. The van der Waals surface area contributed by atoms with E-state index in [-0.39, 0.29) is 12.4 Å². The van der Waals surface area contributed by atoms with Gasteiger partial charge in [0.2, 0.25) is 6.29 Å². The van der Waals surface area contributed by atoms with Gasteiger partial charge < -0.3 is 39.4 Å². The van der Waals surface area contributed by atoms with Crippen molar-refractivity contribution in [2.75, 3.05) is 11.0 Å². The number of esters is 2. The topological polar surface area (TPSA) is 169 Å². The van der Waals surface area contributed by atoms with Crippen molar-refractivity contribution < 1.29 is 53.8 Å². The van der Waals surface area contributed by atoms with E-state index >= 15 is 0 Å². The summed E-state index contributed by atoms with van der Waals surface area (Å²) in [5.74, 6) is -4.59. The number of rotatable bonds is 10. The number of carbonyl (C=O) groups excluding carboxylic acids is 3. The SMILES string of the molecule is CC[C@H](CI)C(O)[C@]12C3C(OC(=O)[C@@H]3OCc3ccc(C(=O)c4ccccc4)cc3)OC1(CO)[C@]1(O)C(OC(=O)[C@H]1C)[C@@H]2O. The average Bonchev–Trinajstić information content (AvgIpc) is 3.64. The molecule has 3 saturated heterocycles. The molecule has 1 aliphatic carbocycles. The number of halogens is 1. The van der Waals surface area contributed by atoms with Crippen LogP contribution < -0.4 is 0 Å². The van der Waals surface area contributed by atoms with Gasteiger partial charge in [0.05, 0.1) is 36.6 Å². The third kappa shape index (κ3) is 4.04. The van der Waals surface area contributed by atoms with E-state index in [1.165, 1.54) is 6.92 Å². The molecule has 0 aromatic heterocycles. The smallest absolute Gasteiger partial charge is 0.338 e. The zero-order valence-corrected chi connectivity index (χ0v) is 26.3. The zero-order chi connectivity index (χ0) is 31.6. The van der Waals surface area contributed by atoms with Gasteiger partial charge in [-0.2, -0.15) is 0 Å². The fraction of sp³-hybridized carbons (Fsp3) is 0.531. The summed E-state index contributed by atoms with van der Waals surface area (Å²) >= 11 is 2.11. The van der Waals surface area contributed by atoms with Crippen LogP contribution in [0.15, 0.2) is 54.6 Å². The van der Waals surface area contributed by atoms with Gasteiger partial charge in [-0.05, 0) is 18.4 Å². The van der Waals surface area contributed by atoms with Crippen molar-refractivity contribution >= 4 is 40.3 Å². The van der Waals surface area contributed by atoms with Gasteiger partial charge >= 0.3 is 11.9 Å². The summed E-state index contributed by atoms with van der Waals surface area (Å²) in [6.07, 6.45) is -7.00. The third-order valence-corrected chi connectivity index (χ3v) is 11.5. The van der Waals surface area contributed by atoms with Crippen LogP contribution in [0.3, 0.4) is 0 Å². The van der Waals surface area contributed by atoms with Gasteiger partial charge in [0.25, 0.3) is 0 Å². The maximum atomic E-state index is 13.3. The van der Waals surface area contributed by atoms with E-state index in [1.54, 1.807) is 48.5 Å². The molecule has 4 fully saturated rings. The van der Waals surface area contributed by atoms with E-state index in [0.29, 0.717) is 27.5 Å². The highest BCUT2D eigenvalue weighted by atomic mass is 127. The number of aliphatic hydroxyl groups excluding tert-OH is 3. The molecule has 12 heteroatoms. The van der Waals surface area contributed by atoms with Crippen molar-refractivity contribution in [1.82, 2.24) is 0 Å². The predicted molar refractivity (Wildman–Crippen MR) is 160 cm³/mol. The average molecular weight is 723 g/mol. The Bertz CT molecular complexity index is 1430. The molecule has 4 aliphatic rings. The van der Waals surface area contributed by atoms with Crippen molar-refractivity contribution in [3.63, 3.8) is 0 Å². The van der Waals surface area contributed by atoms with Crippen LogP contribution in [0.1, 0.15) is 41.8 Å². The Labute approximate surface area is 267 Å². The maximum absolute atomic E-state index is 13.3. The van der Waals surface area contributed by atoms with E-state index < -0.39 is 83.6 Å².